The summed E-state index contributed by atoms with van der Waals surface area (Å²) in [4.78, 5) is 16.8. The third-order valence-electron chi connectivity index (χ3n) is 9.05. The van der Waals surface area contributed by atoms with Crippen LogP contribution < -0.4 is 0 Å². The average molecular weight is 747 g/mol. The first-order valence-electron chi connectivity index (χ1n) is 14.8. The van der Waals surface area contributed by atoms with Gasteiger partial charge in [-0.3, -0.25) is 4.79 Å². The maximum absolute atomic E-state index is 14.1. The topological polar surface area (TPSA) is 50.2 Å². The number of aromatic nitrogens is 1. The summed E-state index contributed by atoms with van der Waals surface area (Å²) in [5.74, 6) is 0.111. The number of rotatable bonds is 8. The molecule has 1 heterocycles. The number of carbonyl (C=O) groups excluding carboxylic acids is 1. The van der Waals surface area contributed by atoms with Crippen LogP contribution in [-0.4, -0.2) is 15.9 Å². The van der Waals surface area contributed by atoms with Crippen LogP contribution in [0.25, 0.3) is 32.8 Å². The van der Waals surface area contributed by atoms with Crippen LogP contribution in [0.2, 0.25) is 0 Å². The predicted molar refractivity (Wildman–Crippen MR) is 171 cm³/mol. The molecule has 3 nitrogen and oxygen atoms in total. The van der Waals surface area contributed by atoms with Crippen molar-refractivity contribution in [3.63, 3.8) is 0 Å². The van der Waals surface area contributed by atoms with Crippen molar-refractivity contribution in [2.24, 2.45) is 10.8 Å². The molecule has 1 N–H and O–H groups in total. The quantitative estimate of drug-likeness (QED) is 0.0845. The number of halogens is 1. The molecule has 3 aromatic carbocycles. The van der Waals surface area contributed by atoms with E-state index in [1.54, 1.807) is 19.2 Å². The zero-order valence-corrected chi connectivity index (χ0v) is 28.9. The first-order valence-corrected chi connectivity index (χ1v) is 14.8. The molecule has 0 fully saturated rings. The fourth-order valence-electron chi connectivity index (χ4n) is 5.05. The van der Waals surface area contributed by atoms with Gasteiger partial charge in [0.25, 0.3) is 0 Å². The van der Waals surface area contributed by atoms with E-state index in [4.69, 9.17) is 0 Å². The Bertz CT molecular complexity index is 1560. The monoisotopic (exact) mass is 747 g/mol. The van der Waals surface area contributed by atoms with Crippen LogP contribution in [0.1, 0.15) is 83.9 Å². The molecule has 227 valence electrons. The summed E-state index contributed by atoms with van der Waals surface area (Å²) in [7, 11) is 0. The van der Waals surface area contributed by atoms with Gasteiger partial charge in [-0.25, -0.2) is 4.39 Å². The minimum absolute atomic E-state index is 0. The number of ketones is 1. The maximum atomic E-state index is 14.1. The van der Waals surface area contributed by atoms with Gasteiger partial charge in [-0.2, -0.15) is 0 Å². The van der Waals surface area contributed by atoms with Gasteiger partial charge in [-0.15, -0.1) is 34.9 Å². The molecule has 42 heavy (non-hydrogen) atoms. The molecule has 5 heteroatoms. The molecule has 0 saturated carbocycles. The molecule has 1 aromatic heterocycles. The van der Waals surface area contributed by atoms with Crippen molar-refractivity contribution in [2.75, 3.05) is 0 Å². The van der Waals surface area contributed by atoms with E-state index in [2.05, 4.69) is 36.2 Å². The Hall–Kier alpha value is -2.88. The van der Waals surface area contributed by atoms with E-state index >= 15 is 0 Å². The van der Waals surface area contributed by atoms with Crippen molar-refractivity contribution in [3.05, 3.63) is 89.1 Å². The smallest absolute Gasteiger partial charge is 0.164 e. The van der Waals surface area contributed by atoms with Gasteiger partial charge in [0, 0.05) is 43.2 Å². The van der Waals surface area contributed by atoms with Crippen LogP contribution in [0.4, 0.5) is 4.39 Å². The number of nitrogens with zero attached hydrogens (tertiary/aromatic N) is 1. The van der Waals surface area contributed by atoms with Crippen molar-refractivity contribution in [2.45, 2.75) is 88.0 Å². The molecular weight excluding hydrogens is 702 g/mol. The van der Waals surface area contributed by atoms with Crippen molar-refractivity contribution in [1.82, 2.24) is 4.98 Å². The van der Waals surface area contributed by atoms with Gasteiger partial charge in [-0.1, -0.05) is 67.5 Å². The van der Waals surface area contributed by atoms with E-state index in [1.165, 1.54) is 11.6 Å². The van der Waals surface area contributed by atoms with Gasteiger partial charge in [0.2, 0.25) is 0 Å². The molecule has 0 bridgehead atoms. The van der Waals surface area contributed by atoms with Crippen LogP contribution in [0.5, 0.6) is 0 Å². The Labute approximate surface area is 265 Å². The predicted octanol–water partition coefficient (Wildman–Crippen LogP) is 10.6. The largest absolute Gasteiger partial charge is 0.512 e. The standard InChI is InChI=1S/C22H17FN.C15H28O2.Ir/c1-13-8-14(2)10-17(9-13)22-19-5-4-16-11-15(3)21(23)12-20(16)18(19)6-7-24-22;1-7-14(5,8-2)12(16)11-13(17)15(6,9-3)10-4;/h4-9,11-12H,1-3H3;11,16H,7-10H2,1-6H3;/q-1;;/b;12-11-;. The van der Waals surface area contributed by atoms with E-state index in [0.717, 1.165) is 64.0 Å². The summed E-state index contributed by atoms with van der Waals surface area (Å²) >= 11 is 0. The molecule has 0 aliphatic heterocycles. The SMILES string of the molecule is CCC(C)(CC)C(=O)/C=C(\O)C(C)(CC)CC.Cc1[c-]c(-c2nccc3c2ccc2cc(C)c(F)cc23)cc(C)c1.[Ir]. The van der Waals surface area contributed by atoms with Crippen LogP contribution in [0, 0.1) is 43.5 Å². The van der Waals surface area contributed by atoms with Crippen LogP contribution in [-0.2, 0) is 24.9 Å². The van der Waals surface area contributed by atoms with E-state index < -0.39 is 0 Å². The summed E-state index contributed by atoms with van der Waals surface area (Å²) in [6.07, 6.45) is 6.55. The van der Waals surface area contributed by atoms with E-state index in [-0.39, 0.29) is 48.3 Å². The van der Waals surface area contributed by atoms with Gasteiger partial charge in [0.05, 0.1) is 0 Å². The van der Waals surface area contributed by atoms with Crippen molar-refractivity contribution >= 4 is 27.3 Å². The van der Waals surface area contributed by atoms with E-state index in [9.17, 15) is 14.3 Å². The molecule has 0 aliphatic rings. The molecule has 4 rings (SSSR count). The van der Waals surface area contributed by atoms with Crippen molar-refractivity contribution < 1.29 is 34.4 Å². The Balaban J connectivity index is 0.000000307. The second-order valence-electron chi connectivity index (χ2n) is 11.8. The first-order chi connectivity index (χ1) is 19.3. The van der Waals surface area contributed by atoms with Crippen LogP contribution >= 0.6 is 0 Å². The number of pyridine rings is 1. The van der Waals surface area contributed by atoms with Gasteiger partial charge in [0.15, 0.2) is 5.78 Å². The molecule has 0 aliphatic carbocycles. The zero-order valence-electron chi connectivity index (χ0n) is 26.5. The number of hydrogen-bond acceptors (Lipinski definition) is 3. The normalized spacial score (nSPS) is 12.1. The van der Waals surface area contributed by atoms with Crippen molar-refractivity contribution in [1.29, 1.82) is 0 Å². The van der Waals surface area contributed by atoms with Crippen LogP contribution in [0.15, 0.2) is 60.5 Å². The Morgan fingerprint density at radius 1 is 0.881 bits per heavy atom. The Morgan fingerprint density at radius 3 is 2.07 bits per heavy atom. The third-order valence-corrected chi connectivity index (χ3v) is 9.05. The van der Waals surface area contributed by atoms with Gasteiger partial charge >= 0.3 is 0 Å². The number of carbonyl (C=O) groups is 1. The number of fused-ring (bicyclic) bond motifs is 3. The molecule has 0 spiro atoms. The number of allylic oxidation sites excluding steroid dienone is 2. The maximum Gasteiger partial charge on any atom is 0.164 e. The van der Waals surface area contributed by atoms with Gasteiger partial charge in [0.1, 0.15) is 11.6 Å². The second-order valence-corrected chi connectivity index (χ2v) is 11.8. The molecule has 0 unspecified atom stereocenters. The number of benzene rings is 3. The number of aliphatic hydroxyl groups is 1. The average Bonchev–Trinajstić information content (AvgIpc) is 2.96. The number of aliphatic hydroxyl groups excluding tert-OH is 1. The fourth-order valence-corrected chi connectivity index (χ4v) is 5.05. The van der Waals surface area contributed by atoms with Crippen molar-refractivity contribution in [3.8, 4) is 11.3 Å². The molecule has 1 radical (unpaired) electrons. The molecule has 0 saturated heterocycles. The summed E-state index contributed by atoms with van der Waals surface area (Å²) < 4.78 is 14.1. The first kappa shape index (κ1) is 35.3. The zero-order chi connectivity index (χ0) is 30.5. The third kappa shape index (κ3) is 7.54. The van der Waals surface area contributed by atoms with Gasteiger partial charge < -0.3 is 10.1 Å². The Kier molecular flexibility index (Phi) is 12.2. The van der Waals surface area contributed by atoms with E-state index in [0.29, 0.717) is 5.56 Å². The molecule has 0 amide bonds. The fraction of sp³-hybridized carbons (Fsp3) is 0.405. The summed E-state index contributed by atoms with van der Waals surface area (Å²) in [5.41, 5.74) is 4.20. The molecule has 4 aromatic rings. The minimum Gasteiger partial charge on any atom is -0.512 e. The van der Waals surface area contributed by atoms with Gasteiger partial charge in [-0.05, 0) is 83.6 Å². The summed E-state index contributed by atoms with van der Waals surface area (Å²) in [6.45, 7) is 18.0. The Morgan fingerprint density at radius 2 is 1.50 bits per heavy atom. The summed E-state index contributed by atoms with van der Waals surface area (Å²) in [5, 5.41) is 14.1. The number of hydrogen-bond donors (Lipinski definition) is 1. The summed E-state index contributed by atoms with van der Waals surface area (Å²) in [6, 6.07) is 17.2. The molecule has 0 atom stereocenters. The second kappa shape index (κ2) is 14.5. The molecular formula is C37H45FIrNO2-. The van der Waals surface area contributed by atoms with E-state index in [1.807, 2.05) is 66.7 Å². The number of aryl methyl sites for hydroxylation is 3. The minimum atomic E-state index is -0.337. The van der Waals surface area contributed by atoms with Crippen LogP contribution in [0.3, 0.4) is 0 Å².